The van der Waals surface area contributed by atoms with E-state index in [2.05, 4.69) is 0 Å². The Morgan fingerprint density at radius 3 is 2.69 bits per heavy atom. The van der Waals surface area contributed by atoms with E-state index in [1.807, 2.05) is 30.2 Å². The van der Waals surface area contributed by atoms with Gasteiger partial charge in [-0.05, 0) is 54.5 Å². The van der Waals surface area contributed by atoms with Crippen molar-refractivity contribution in [2.75, 3.05) is 26.8 Å². The molecule has 1 aromatic carbocycles. The van der Waals surface area contributed by atoms with Crippen molar-refractivity contribution in [1.29, 1.82) is 0 Å². The first-order valence-corrected chi connectivity index (χ1v) is 10.7. The van der Waals surface area contributed by atoms with Crippen LogP contribution in [0.4, 0.5) is 4.39 Å². The number of carbonyl (C=O) groups excluding carboxylic acids is 2. The first-order chi connectivity index (χ1) is 14.0. The normalized spacial score (nSPS) is 17.0. The molecule has 0 N–H and O–H groups in total. The van der Waals surface area contributed by atoms with Gasteiger partial charge in [-0.2, -0.15) is 0 Å². The van der Waals surface area contributed by atoms with Gasteiger partial charge in [0.05, 0.1) is 6.04 Å². The molecule has 2 aromatic rings. The lowest BCUT2D eigenvalue weighted by molar-refractivity contribution is -0.145. The predicted octanol–water partition coefficient (Wildman–Crippen LogP) is 3.63. The molecule has 2 heterocycles. The molecule has 2 amide bonds. The summed E-state index contributed by atoms with van der Waals surface area (Å²) < 4.78 is 18.5. The van der Waals surface area contributed by atoms with E-state index in [0.29, 0.717) is 6.54 Å². The van der Waals surface area contributed by atoms with Crippen LogP contribution in [0.2, 0.25) is 0 Å². The van der Waals surface area contributed by atoms with Crippen molar-refractivity contribution >= 4 is 23.2 Å². The average molecular weight is 419 g/mol. The number of halogens is 1. The third-order valence-corrected chi connectivity index (χ3v) is 6.49. The number of nitrogens with zero attached hydrogens (tertiary/aromatic N) is 2. The van der Waals surface area contributed by atoms with Crippen LogP contribution in [0.15, 0.2) is 35.7 Å². The van der Waals surface area contributed by atoms with Crippen LogP contribution in [0.5, 0.6) is 0 Å². The summed E-state index contributed by atoms with van der Waals surface area (Å²) in [6.45, 7) is 4.46. The molecule has 0 saturated carbocycles. The summed E-state index contributed by atoms with van der Waals surface area (Å²) >= 11 is 1.68. The van der Waals surface area contributed by atoms with Gasteiger partial charge in [-0.1, -0.05) is 19.1 Å². The second kappa shape index (κ2) is 9.50. The number of rotatable bonds is 7. The summed E-state index contributed by atoms with van der Waals surface area (Å²) in [4.78, 5) is 30.5. The molecule has 3 rings (SSSR count). The molecular formula is C22H27FN2O3S. The second-order valence-corrected chi connectivity index (χ2v) is 8.30. The van der Waals surface area contributed by atoms with Crippen LogP contribution in [0.3, 0.4) is 0 Å². The number of ether oxygens (including phenoxy) is 1. The lowest BCUT2D eigenvalue weighted by Crippen LogP contribution is -2.49. The Kier molecular flexibility index (Phi) is 7.03. The molecule has 0 radical (unpaired) electrons. The summed E-state index contributed by atoms with van der Waals surface area (Å²) in [6.07, 6.45) is 1.53. The van der Waals surface area contributed by atoms with E-state index in [-0.39, 0.29) is 42.9 Å². The fourth-order valence-electron chi connectivity index (χ4n) is 3.74. The van der Waals surface area contributed by atoms with E-state index < -0.39 is 0 Å². The number of benzene rings is 1. The highest BCUT2D eigenvalue weighted by atomic mass is 32.1. The zero-order chi connectivity index (χ0) is 21.0. The fourth-order valence-corrected chi connectivity index (χ4v) is 4.65. The third kappa shape index (κ3) is 4.67. The van der Waals surface area contributed by atoms with Crippen molar-refractivity contribution in [1.82, 2.24) is 9.80 Å². The molecule has 156 valence electrons. The van der Waals surface area contributed by atoms with Gasteiger partial charge in [0, 0.05) is 24.6 Å². The Morgan fingerprint density at radius 1 is 1.31 bits per heavy atom. The summed E-state index contributed by atoms with van der Waals surface area (Å²) in [5.41, 5.74) is 1.96. The van der Waals surface area contributed by atoms with E-state index in [0.717, 1.165) is 24.0 Å². The molecule has 0 spiro atoms. The molecule has 0 bridgehead atoms. The van der Waals surface area contributed by atoms with Gasteiger partial charge in [-0.15, -0.1) is 11.3 Å². The van der Waals surface area contributed by atoms with Gasteiger partial charge < -0.3 is 14.5 Å². The van der Waals surface area contributed by atoms with Crippen molar-refractivity contribution in [2.45, 2.75) is 38.8 Å². The second-order valence-electron chi connectivity index (χ2n) is 7.30. The number of hydrogen-bond donors (Lipinski definition) is 0. The molecule has 1 aromatic heterocycles. The van der Waals surface area contributed by atoms with E-state index in [1.165, 1.54) is 24.1 Å². The Bertz CT molecular complexity index is 852. The minimum atomic E-state index is -0.305. The Labute approximate surface area is 175 Å². The molecule has 0 fully saturated rings. The number of methoxy groups -OCH3 is 1. The van der Waals surface area contributed by atoms with Crippen LogP contribution in [-0.4, -0.2) is 54.5 Å². The number of carbonyl (C=O) groups is 2. The monoisotopic (exact) mass is 418 g/mol. The maximum Gasteiger partial charge on any atom is 0.249 e. The molecule has 2 unspecified atom stereocenters. The molecule has 29 heavy (non-hydrogen) atoms. The maximum atomic E-state index is 13.5. The first-order valence-electron chi connectivity index (χ1n) is 9.85. The largest absolute Gasteiger partial charge is 0.375 e. The van der Waals surface area contributed by atoms with Gasteiger partial charge >= 0.3 is 0 Å². The maximum absolute atomic E-state index is 13.5. The topological polar surface area (TPSA) is 49.9 Å². The van der Waals surface area contributed by atoms with Gasteiger partial charge in [-0.25, -0.2) is 4.39 Å². The van der Waals surface area contributed by atoms with E-state index >= 15 is 0 Å². The molecule has 2 atom stereocenters. The molecular weight excluding hydrogens is 391 g/mol. The minimum Gasteiger partial charge on any atom is -0.375 e. The van der Waals surface area contributed by atoms with Crippen molar-refractivity contribution in [2.24, 2.45) is 0 Å². The Morgan fingerprint density at radius 2 is 2.03 bits per heavy atom. The van der Waals surface area contributed by atoms with Crippen LogP contribution in [0.25, 0.3) is 0 Å². The van der Waals surface area contributed by atoms with E-state index in [1.54, 1.807) is 28.4 Å². The fraction of sp³-hybridized carbons (Fsp3) is 0.455. The number of fused-ring (bicyclic) bond motifs is 1. The average Bonchev–Trinajstić information content (AvgIpc) is 3.20. The lowest BCUT2D eigenvalue weighted by atomic mass is 9.93. The highest BCUT2D eigenvalue weighted by molar-refractivity contribution is 7.10. The molecule has 1 aliphatic heterocycles. The van der Waals surface area contributed by atoms with Crippen LogP contribution >= 0.6 is 11.3 Å². The Hall–Kier alpha value is -2.25. The van der Waals surface area contributed by atoms with Crippen LogP contribution in [0, 0.1) is 5.82 Å². The predicted molar refractivity (Wildman–Crippen MR) is 111 cm³/mol. The molecule has 7 heteroatoms. The smallest absolute Gasteiger partial charge is 0.249 e. The number of amides is 2. The van der Waals surface area contributed by atoms with Crippen molar-refractivity contribution in [3.05, 3.63) is 57.5 Å². The zero-order valence-electron chi connectivity index (χ0n) is 17.1. The Balaban J connectivity index is 1.89. The molecule has 0 aliphatic carbocycles. The zero-order valence-corrected chi connectivity index (χ0v) is 17.9. The van der Waals surface area contributed by atoms with Gasteiger partial charge in [0.1, 0.15) is 19.0 Å². The first kappa shape index (κ1) is 21.5. The van der Waals surface area contributed by atoms with Crippen LogP contribution in [-0.2, 0) is 20.7 Å². The SMILES string of the molecule is CCC(C)N(CC(=O)N1CCc2sccc2C1c1ccc(F)cc1)C(=O)COC. The van der Waals surface area contributed by atoms with Gasteiger partial charge in [-0.3, -0.25) is 9.59 Å². The summed E-state index contributed by atoms with van der Waals surface area (Å²) in [7, 11) is 1.47. The van der Waals surface area contributed by atoms with Crippen molar-refractivity contribution in [3.8, 4) is 0 Å². The third-order valence-electron chi connectivity index (χ3n) is 5.49. The number of thiophene rings is 1. The lowest BCUT2D eigenvalue weighted by Gasteiger charge is -2.38. The van der Waals surface area contributed by atoms with Gasteiger partial charge in [0.15, 0.2) is 0 Å². The summed E-state index contributed by atoms with van der Waals surface area (Å²) in [6, 6.07) is 8.02. The van der Waals surface area contributed by atoms with Gasteiger partial charge in [0.25, 0.3) is 0 Å². The van der Waals surface area contributed by atoms with E-state index in [4.69, 9.17) is 4.74 Å². The van der Waals surface area contributed by atoms with E-state index in [9.17, 15) is 14.0 Å². The quantitative estimate of drug-likeness (QED) is 0.690. The van der Waals surface area contributed by atoms with Crippen LogP contribution in [0.1, 0.15) is 42.3 Å². The van der Waals surface area contributed by atoms with Crippen molar-refractivity contribution < 1.29 is 18.7 Å². The number of hydrogen-bond acceptors (Lipinski definition) is 4. The summed E-state index contributed by atoms with van der Waals surface area (Å²) in [5.74, 6) is -0.608. The van der Waals surface area contributed by atoms with Crippen LogP contribution < -0.4 is 0 Å². The highest BCUT2D eigenvalue weighted by Gasteiger charge is 2.34. The standard InChI is InChI=1S/C22H27FN2O3S/c1-4-15(2)25(21(27)14-28-3)13-20(26)24-11-9-19-18(10-12-29-19)22(24)16-5-7-17(23)8-6-16/h5-8,10,12,15,22H,4,9,11,13-14H2,1-3H3. The van der Waals surface area contributed by atoms with Gasteiger partial charge in [0.2, 0.25) is 11.8 Å². The minimum absolute atomic E-state index is 0.00830. The molecule has 5 nitrogen and oxygen atoms in total. The highest BCUT2D eigenvalue weighted by Crippen LogP contribution is 2.38. The molecule has 0 saturated heterocycles. The molecule has 1 aliphatic rings. The summed E-state index contributed by atoms with van der Waals surface area (Å²) in [5, 5.41) is 2.03. The van der Waals surface area contributed by atoms with Crippen molar-refractivity contribution in [3.63, 3.8) is 0 Å².